The molecule has 3 atom stereocenters. The summed E-state index contributed by atoms with van der Waals surface area (Å²) in [6, 6.07) is 12.1. The summed E-state index contributed by atoms with van der Waals surface area (Å²) in [6.07, 6.45) is 5.03. The zero-order chi connectivity index (χ0) is 22.5. The van der Waals surface area contributed by atoms with Gasteiger partial charge in [-0.2, -0.15) is 0 Å². The Morgan fingerprint density at radius 1 is 1.09 bits per heavy atom. The van der Waals surface area contributed by atoms with E-state index in [1.165, 1.54) is 0 Å². The van der Waals surface area contributed by atoms with Crippen LogP contribution in [0, 0.1) is 11.8 Å². The molecule has 0 radical (unpaired) electrons. The maximum Gasteiger partial charge on any atom is 0.258 e. The van der Waals surface area contributed by atoms with Crippen molar-refractivity contribution >= 4 is 26.7 Å². The van der Waals surface area contributed by atoms with Crippen LogP contribution in [0.1, 0.15) is 42.9 Å². The maximum absolute atomic E-state index is 13.2. The number of fused-ring (bicyclic) bond motifs is 1. The second-order valence-electron chi connectivity index (χ2n) is 9.35. The van der Waals surface area contributed by atoms with Crippen molar-refractivity contribution < 1.29 is 4.79 Å². The van der Waals surface area contributed by atoms with Gasteiger partial charge < -0.3 is 10.2 Å². The van der Waals surface area contributed by atoms with Crippen LogP contribution in [0.2, 0.25) is 0 Å². The summed E-state index contributed by atoms with van der Waals surface area (Å²) >= 11 is 0. The largest absolute Gasteiger partial charge is 0.354 e. The summed E-state index contributed by atoms with van der Waals surface area (Å²) < 4.78 is 0. The first-order chi connectivity index (χ1) is 15.4. The Kier molecular flexibility index (Phi) is 5.21. The van der Waals surface area contributed by atoms with Crippen molar-refractivity contribution in [2.75, 3.05) is 23.3 Å². The molecule has 3 heterocycles. The van der Waals surface area contributed by atoms with Crippen molar-refractivity contribution in [3.8, 4) is 11.1 Å². The quantitative estimate of drug-likeness (QED) is 0.581. The fraction of sp³-hybridized carbons (Fsp3) is 0.360. The molecule has 5 rings (SSSR count). The molecule has 2 aliphatic rings. The average molecular weight is 446 g/mol. The topological polar surface area (TPSA) is 71.0 Å². The highest BCUT2D eigenvalue weighted by atomic mass is 31.0. The predicted octanol–water partition coefficient (Wildman–Crippen LogP) is 4.61. The van der Waals surface area contributed by atoms with E-state index < -0.39 is 0 Å². The number of pyridine rings is 1. The smallest absolute Gasteiger partial charge is 0.258 e. The second-order valence-corrected chi connectivity index (χ2v) is 10.6. The number of rotatable bonds is 5. The fourth-order valence-corrected chi connectivity index (χ4v) is 5.28. The number of aromatic nitrogens is 3. The van der Waals surface area contributed by atoms with Gasteiger partial charge in [0.1, 0.15) is 5.82 Å². The van der Waals surface area contributed by atoms with E-state index in [9.17, 15) is 4.79 Å². The Bertz CT molecular complexity index is 1130. The molecule has 1 saturated heterocycles. The van der Waals surface area contributed by atoms with Crippen LogP contribution in [0.3, 0.4) is 0 Å². The van der Waals surface area contributed by atoms with E-state index in [1.807, 2.05) is 44.3 Å². The summed E-state index contributed by atoms with van der Waals surface area (Å²) in [5, 5.41) is 3.47. The minimum absolute atomic E-state index is 0.214. The van der Waals surface area contributed by atoms with Gasteiger partial charge in [0.2, 0.25) is 0 Å². The van der Waals surface area contributed by atoms with Gasteiger partial charge in [-0.05, 0) is 28.6 Å². The van der Waals surface area contributed by atoms with Gasteiger partial charge in [-0.25, -0.2) is 15.0 Å². The lowest BCUT2D eigenvalue weighted by molar-refractivity contribution is 0.102. The predicted molar refractivity (Wildman–Crippen MR) is 131 cm³/mol. The molecule has 3 unspecified atom stereocenters. The number of carbonyl (C=O) groups is 1. The summed E-state index contributed by atoms with van der Waals surface area (Å²) in [7, 11) is 3.02. The number of hydrogen-bond donors (Lipinski definition) is 1. The third-order valence-corrected chi connectivity index (χ3v) is 7.67. The molecule has 6 nitrogen and oxygen atoms in total. The van der Waals surface area contributed by atoms with Crippen molar-refractivity contribution in [3.63, 3.8) is 0 Å². The molecule has 7 heteroatoms. The molecule has 32 heavy (non-hydrogen) atoms. The van der Waals surface area contributed by atoms with E-state index in [2.05, 4.69) is 48.5 Å². The van der Waals surface area contributed by atoms with Crippen molar-refractivity contribution in [1.82, 2.24) is 15.0 Å². The van der Waals surface area contributed by atoms with Gasteiger partial charge in [0.25, 0.3) is 5.91 Å². The first kappa shape index (κ1) is 21.0. The Labute approximate surface area is 191 Å². The van der Waals surface area contributed by atoms with E-state index in [0.29, 0.717) is 22.6 Å². The normalized spacial score (nSPS) is 23.8. The number of benzene rings is 1. The minimum atomic E-state index is -0.230. The maximum atomic E-state index is 13.2. The third kappa shape index (κ3) is 3.67. The van der Waals surface area contributed by atoms with Crippen LogP contribution in [0.15, 0.2) is 55.0 Å². The van der Waals surface area contributed by atoms with Crippen molar-refractivity contribution in [1.29, 1.82) is 0 Å². The zero-order valence-corrected chi connectivity index (χ0v) is 19.8. The van der Waals surface area contributed by atoms with Crippen LogP contribution in [0.25, 0.3) is 11.1 Å². The van der Waals surface area contributed by atoms with Gasteiger partial charge in [-0.3, -0.25) is 4.79 Å². The molecule has 1 amide bonds. The van der Waals surface area contributed by atoms with Gasteiger partial charge in [0, 0.05) is 43.2 Å². The van der Waals surface area contributed by atoms with E-state index >= 15 is 0 Å². The molecule has 2 aromatic heterocycles. The molecule has 1 aromatic carbocycles. The van der Waals surface area contributed by atoms with E-state index in [-0.39, 0.29) is 11.8 Å². The van der Waals surface area contributed by atoms with Gasteiger partial charge in [-0.1, -0.05) is 51.1 Å². The Morgan fingerprint density at radius 3 is 2.38 bits per heavy atom. The molecule has 0 bridgehead atoms. The van der Waals surface area contributed by atoms with E-state index in [0.717, 1.165) is 41.5 Å². The van der Waals surface area contributed by atoms with Crippen LogP contribution < -0.4 is 10.2 Å². The summed E-state index contributed by atoms with van der Waals surface area (Å²) in [5.41, 5.74) is 3.17. The second kappa shape index (κ2) is 7.93. The molecule has 1 aliphatic carbocycles. The lowest BCUT2D eigenvalue weighted by Crippen LogP contribution is -2.29. The Balaban J connectivity index is 1.49. The van der Waals surface area contributed by atoms with Crippen LogP contribution in [-0.4, -0.2) is 39.1 Å². The van der Waals surface area contributed by atoms with E-state index in [1.54, 1.807) is 12.4 Å². The van der Waals surface area contributed by atoms with Gasteiger partial charge >= 0.3 is 0 Å². The molecule has 1 aliphatic heterocycles. The van der Waals surface area contributed by atoms with Gasteiger partial charge in [0.15, 0.2) is 5.82 Å². The van der Waals surface area contributed by atoms with Crippen LogP contribution in [-0.2, 0) is 0 Å². The monoisotopic (exact) mass is 445 g/mol. The SMILES string of the molecule is CC(C)c1ncc(C(=O)Nc2c(-c3ccccc3)ccnc2N2CC3C(C2)C3(C)P)cn1. The molecule has 3 aromatic rings. The van der Waals surface area contributed by atoms with E-state index in [4.69, 9.17) is 4.98 Å². The number of carbonyl (C=O) groups excluding carboxylic acids is 1. The number of amides is 1. The molecule has 0 spiro atoms. The first-order valence-electron chi connectivity index (χ1n) is 11.1. The Morgan fingerprint density at radius 2 is 1.75 bits per heavy atom. The number of nitrogens with one attached hydrogen (secondary N) is 1. The number of piperidine rings is 1. The number of anilines is 2. The molecule has 1 N–H and O–H groups in total. The van der Waals surface area contributed by atoms with Gasteiger partial charge in [-0.15, -0.1) is 9.24 Å². The molecule has 2 fully saturated rings. The van der Waals surface area contributed by atoms with Crippen LogP contribution in [0.4, 0.5) is 11.5 Å². The highest BCUT2D eigenvalue weighted by molar-refractivity contribution is 7.19. The third-order valence-electron chi connectivity index (χ3n) is 6.81. The van der Waals surface area contributed by atoms with Gasteiger partial charge in [0.05, 0.1) is 11.3 Å². The lowest BCUT2D eigenvalue weighted by Gasteiger charge is -2.26. The molecular formula is C25H28N5OP. The first-order valence-corrected chi connectivity index (χ1v) is 11.7. The molecular weight excluding hydrogens is 417 g/mol. The highest BCUT2D eigenvalue weighted by Gasteiger charge is 2.62. The Hall–Kier alpha value is -2.85. The lowest BCUT2D eigenvalue weighted by atomic mass is 10.0. The summed E-state index contributed by atoms with van der Waals surface area (Å²) in [5.74, 6) is 2.83. The van der Waals surface area contributed by atoms with Crippen molar-refractivity contribution in [2.45, 2.75) is 31.8 Å². The number of nitrogens with zero attached hydrogens (tertiary/aromatic N) is 4. The standard InChI is InChI=1S/C25H28N5OP/c1-15(2)22-27-11-17(12-28-22)24(31)29-21-18(16-7-5-4-6-8-16)9-10-26-23(21)30-13-19-20(14-30)25(19,3)32/h4-12,15,19-20H,13-14,32H2,1-3H3,(H,29,31). The van der Waals surface area contributed by atoms with Crippen LogP contribution in [0.5, 0.6) is 0 Å². The summed E-state index contributed by atoms with van der Waals surface area (Å²) in [6.45, 7) is 8.27. The van der Waals surface area contributed by atoms with Crippen molar-refractivity contribution in [3.05, 3.63) is 66.4 Å². The van der Waals surface area contributed by atoms with Crippen LogP contribution >= 0.6 is 9.24 Å². The average Bonchev–Trinajstić information content (AvgIpc) is 3.13. The molecule has 164 valence electrons. The number of hydrogen-bond acceptors (Lipinski definition) is 5. The minimum Gasteiger partial charge on any atom is -0.354 e. The summed E-state index contributed by atoms with van der Waals surface area (Å²) in [4.78, 5) is 28.9. The fourth-order valence-electron chi connectivity index (χ4n) is 4.70. The van der Waals surface area contributed by atoms with Crippen molar-refractivity contribution in [2.24, 2.45) is 11.8 Å². The zero-order valence-electron chi connectivity index (χ0n) is 18.6. The molecule has 1 saturated carbocycles. The highest BCUT2D eigenvalue weighted by Crippen LogP contribution is 2.61.